The number of carboxylic acids is 1. The van der Waals surface area contributed by atoms with E-state index in [1.807, 2.05) is 18.2 Å². The highest BCUT2D eigenvalue weighted by molar-refractivity contribution is 7.98. The third-order valence-corrected chi connectivity index (χ3v) is 3.17. The van der Waals surface area contributed by atoms with Crippen LogP contribution in [0.5, 0.6) is 0 Å². The molecule has 0 aliphatic heterocycles. The molecule has 4 nitrogen and oxygen atoms in total. The Kier molecular flexibility index (Phi) is 3.49. The zero-order chi connectivity index (χ0) is 12.3. The van der Waals surface area contributed by atoms with Crippen molar-refractivity contribution in [2.24, 2.45) is 0 Å². The predicted octanol–water partition coefficient (Wildman–Crippen LogP) is 2.97. The summed E-state index contributed by atoms with van der Waals surface area (Å²) < 4.78 is 5.37. The number of carboxylic acid groups (broad SMARTS) is 1. The summed E-state index contributed by atoms with van der Waals surface area (Å²) >= 11 is 1.51. The standard InChI is InChI=1S/C12H11NO3S/c1-8-10(12(14)15)6-9(16-8)7-17-11-4-2-3-5-13-11/h2-6H,7H2,1H3,(H,14,15). The molecule has 2 heterocycles. The molecule has 0 fully saturated rings. The van der Waals surface area contributed by atoms with Gasteiger partial charge in [-0.1, -0.05) is 17.8 Å². The van der Waals surface area contributed by atoms with Crippen LogP contribution in [0.1, 0.15) is 21.9 Å². The number of aromatic carboxylic acids is 1. The summed E-state index contributed by atoms with van der Waals surface area (Å²) in [6, 6.07) is 7.22. The zero-order valence-corrected chi connectivity index (χ0v) is 10.0. The first-order chi connectivity index (χ1) is 8.16. The number of rotatable bonds is 4. The molecule has 88 valence electrons. The number of thioether (sulfide) groups is 1. The lowest BCUT2D eigenvalue weighted by Gasteiger charge is -1.96. The second-order valence-electron chi connectivity index (χ2n) is 3.44. The molecular weight excluding hydrogens is 238 g/mol. The maximum Gasteiger partial charge on any atom is 0.339 e. The first-order valence-corrected chi connectivity index (χ1v) is 6.02. The highest BCUT2D eigenvalue weighted by atomic mass is 32.2. The number of hydrogen-bond acceptors (Lipinski definition) is 4. The van der Waals surface area contributed by atoms with Gasteiger partial charge < -0.3 is 9.52 Å². The molecule has 1 N–H and O–H groups in total. The molecule has 0 atom stereocenters. The van der Waals surface area contributed by atoms with E-state index in [0.29, 0.717) is 17.3 Å². The Balaban J connectivity index is 2.05. The van der Waals surface area contributed by atoms with Crippen molar-refractivity contribution in [2.75, 3.05) is 0 Å². The topological polar surface area (TPSA) is 63.3 Å². The number of carbonyl (C=O) groups is 1. The van der Waals surface area contributed by atoms with Crippen LogP contribution < -0.4 is 0 Å². The SMILES string of the molecule is Cc1oc(CSc2ccccn2)cc1C(=O)O. The largest absolute Gasteiger partial charge is 0.478 e. The average Bonchev–Trinajstić information content (AvgIpc) is 2.69. The number of hydrogen-bond donors (Lipinski definition) is 1. The lowest BCUT2D eigenvalue weighted by molar-refractivity contribution is 0.0695. The Morgan fingerprint density at radius 3 is 2.94 bits per heavy atom. The Morgan fingerprint density at radius 2 is 2.35 bits per heavy atom. The molecule has 2 aromatic rings. The van der Waals surface area contributed by atoms with Crippen molar-refractivity contribution in [3.05, 3.63) is 47.5 Å². The molecule has 0 spiro atoms. The van der Waals surface area contributed by atoms with Crippen molar-refractivity contribution in [3.63, 3.8) is 0 Å². The number of aryl methyl sites for hydroxylation is 1. The van der Waals surface area contributed by atoms with Gasteiger partial charge in [0.1, 0.15) is 17.1 Å². The summed E-state index contributed by atoms with van der Waals surface area (Å²) in [5.74, 6) is 0.704. The molecule has 0 bridgehead atoms. The van der Waals surface area contributed by atoms with Crippen LogP contribution in [-0.2, 0) is 5.75 Å². The predicted molar refractivity (Wildman–Crippen MR) is 64.2 cm³/mol. The fourth-order valence-corrected chi connectivity index (χ4v) is 2.15. The van der Waals surface area contributed by atoms with E-state index in [2.05, 4.69) is 4.98 Å². The molecule has 0 aromatic carbocycles. The van der Waals surface area contributed by atoms with Crippen molar-refractivity contribution in [1.29, 1.82) is 0 Å². The molecule has 0 aliphatic rings. The molecule has 2 rings (SSSR count). The van der Waals surface area contributed by atoms with Crippen molar-refractivity contribution < 1.29 is 14.3 Å². The van der Waals surface area contributed by atoms with E-state index in [-0.39, 0.29) is 5.56 Å². The summed E-state index contributed by atoms with van der Waals surface area (Å²) in [4.78, 5) is 15.0. The van der Waals surface area contributed by atoms with Crippen LogP contribution in [0.2, 0.25) is 0 Å². The monoisotopic (exact) mass is 249 g/mol. The van der Waals surface area contributed by atoms with E-state index in [1.54, 1.807) is 19.2 Å². The molecule has 0 radical (unpaired) electrons. The van der Waals surface area contributed by atoms with Gasteiger partial charge in [-0.05, 0) is 25.1 Å². The second kappa shape index (κ2) is 5.05. The lowest BCUT2D eigenvalue weighted by atomic mass is 10.2. The fraction of sp³-hybridized carbons (Fsp3) is 0.167. The van der Waals surface area contributed by atoms with Crippen molar-refractivity contribution in [2.45, 2.75) is 17.7 Å². The number of pyridine rings is 1. The van der Waals surface area contributed by atoms with Crippen LogP contribution in [-0.4, -0.2) is 16.1 Å². The molecule has 0 saturated heterocycles. The van der Waals surface area contributed by atoms with E-state index in [0.717, 1.165) is 5.03 Å². The summed E-state index contributed by atoms with van der Waals surface area (Å²) in [7, 11) is 0. The smallest absolute Gasteiger partial charge is 0.339 e. The summed E-state index contributed by atoms with van der Waals surface area (Å²) in [6.45, 7) is 1.65. The van der Waals surface area contributed by atoms with Gasteiger partial charge in [0.15, 0.2) is 0 Å². The van der Waals surface area contributed by atoms with Gasteiger partial charge in [-0.15, -0.1) is 0 Å². The van der Waals surface area contributed by atoms with Crippen LogP contribution >= 0.6 is 11.8 Å². The molecular formula is C12H11NO3S. The Morgan fingerprint density at radius 1 is 1.53 bits per heavy atom. The van der Waals surface area contributed by atoms with Crippen molar-refractivity contribution in [3.8, 4) is 0 Å². The maximum absolute atomic E-state index is 10.8. The van der Waals surface area contributed by atoms with Crippen molar-refractivity contribution in [1.82, 2.24) is 4.98 Å². The van der Waals surface area contributed by atoms with Crippen LogP contribution in [0.3, 0.4) is 0 Å². The third kappa shape index (κ3) is 2.88. The minimum atomic E-state index is -0.958. The van der Waals surface area contributed by atoms with E-state index in [1.165, 1.54) is 11.8 Å². The van der Waals surface area contributed by atoms with Crippen molar-refractivity contribution >= 4 is 17.7 Å². The minimum Gasteiger partial charge on any atom is -0.478 e. The Hall–Kier alpha value is -1.75. The van der Waals surface area contributed by atoms with E-state index < -0.39 is 5.97 Å². The fourth-order valence-electron chi connectivity index (χ4n) is 1.40. The minimum absolute atomic E-state index is 0.224. The second-order valence-corrected chi connectivity index (χ2v) is 4.44. The first kappa shape index (κ1) is 11.7. The summed E-state index contributed by atoms with van der Waals surface area (Å²) in [5.41, 5.74) is 0.224. The van der Waals surface area contributed by atoms with Crippen LogP contribution in [0.15, 0.2) is 39.9 Å². The molecule has 0 aliphatic carbocycles. The lowest BCUT2D eigenvalue weighted by Crippen LogP contribution is -1.94. The van der Waals surface area contributed by atoms with Crippen LogP contribution in [0.25, 0.3) is 0 Å². The molecule has 17 heavy (non-hydrogen) atoms. The summed E-state index contributed by atoms with van der Waals surface area (Å²) in [5, 5.41) is 9.77. The van der Waals surface area contributed by atoms with Gasteiger partial charge in [0.05, 0.1) is 10.8 Å². The highest BCUT2D eigenvalue weighted by Crippen LogP contribution is 2.23. The van der Waals surface area contributed by atoms with Gasteiger partial charge in [-0.25, -0.2) is 9.78 Å². The molecule has 2 aromatic heterocycles. The molecule has 0 amide bonds. The average molecular weight is 249 g/mol. The van der Waals surface area contributed by atoms with Gasteiger partial charge in [0, 0.05) is 6.20 Å². The Labute approximate surface area is 103 Å². The maximum atomic E-state index is 10.8. The highest BCUT2D eigenvalue weighted by Gasteiger charge is 2.13. The van der Waals surface area contributed by atoms with E-state index in [9.17, 15) is 4.79 Å². The Bertz CT molecular complexity index is 522. The van der Waals surface area contributed by atoms with E-state index >= 15 is 0 Å². The van der Waals surface area contributed by atoms with Gasteiger partial charge in [0.2, 0.25) is 0 Å². The molecule has 0 unspecified atom stereocenters. The van der Waals surface area contributed by atoms with Crippen LogP contribution in [0, 0.1) is 6.92 Å². The first-order valence-electron chi connectivity index (χ1n) is 5.03. The van der Waals surface area contributed by atoms with Gasteiger partial charge in [-0.3, -0.25) is 0 Å². The van der Waals surface area contributed by atoms with Crippen LogP contribution in [0.4, 0.5) is 0 Å². The number of nitrogens with zero attached hydrogens (tertiary/aromatic N) is 1. The zero-order valence-electron chi connectivity index (χ0n) is 9.21. The summed E-state index contributed by atoms with van der Waals surface area (Å²) in [6.07, 6.45) is 1.72. The van der Waals surface area contributed by atoms with Gasteiger partial charge in [0.25, 0.3) is 0 Å². The van der Waals surface area contributed by atoms with Gasteiger partial charge in [-0.2, -0.15) is 0 Å². The molecule has 5 heteroatoms. The number of aromatic nitrogens is 1. The van der Waals surface area contributed by atoms with E-state index in [4.69, 9.17) is 9.52 Å². The van der Waals surface area contributed by atoms with Gasteiger partial charge >= 0.3 is 5.97 Å². The number of furan rings is 1. The normalized spacial score (nSPS) is 10.4. The quantitative estimate of drug-likeness (QED) is 0.844. The molecule has 0 saturated carbocycles. The third-order valence-electron chi connectivity index (χ3n) is 2.20.